The molecule has 2 nitrogen and oxygen atoms in total. The van der Waals surface area contributed by atoms with Crippen molar-refractivity contribution >= 4 is 22.5 Å². The summed E-state index contributed by atoms with van der Waals surface area (Å²) in [4.78, 5) is 2.54. The van der Waals surface area contributed by atoms with Gasteiger partial charge < -0.3 is 9.64 Å². The lowest BCUT2D eigenvalue weighted by Crippen LogP contribution is -2.35. The van der Waals surface area contributed by atoms with Crippen LogP contribution in [-0.2, 0) is 11.0 Å². The summed E-state index contributed by atoms with van der Waals surface area (Å²) in [6.45, 7) is 2.29. The minimum atomic E-state index is -0.717. The maximum absolute atomic E-state index is 7.60. The summed E-state index contributed by atoms with van der Waals surface area (Å²) in [6, 6.07) is 38.5. The molecule has 1 saturated heterocycles. The zero-order valence-electron chi connectivity index (χ0n) is 26.8. The van der Waals surface area contributed by atoms with Gasteiger partial charge in [-0.05, 0) is 78.0 Å². The van der Waals surface area contributed by atoms with Gasteiger partial charge in [0.05, 0.1) is 0 Å². The molecule has 1 unspecified atom stereocenters. The topological polar surface area (TPSA) is 12.5 Å². The van der Waals surface area contributed by atoms with Crippen LogP contribution in [0.2, 0.25) is 0 Å². The lowest BCUT2D eigenvalue weighted by atomic mass is 9.67. The van der Waals surface area contributed by atoms with Gasteiger partial charge in [-0.1, -0.05) is 129 Å². The van der Waals surface area contributed by atoms with Gasteiger partial charge in [-0.25, -0.2) is 0 Å². The first-order valence-electron chi connectivity index (χ1n) is 17.8. The fourth-order valence-corrected chi connectivity index (χ4v) is 9.38. The van der Waals surface area contributed by atoms with E-state index in [0.29, 0.717) is 0 Å². The molecule has 2 aliphatic heterocycles. The second kappa shape index (κ2) is 11.2. The summed E-state index contributed by atoms with van der Waals surface area (Å²) in [7, 11) is 0. The number of hydrogen-bond acceptors (Lipinski definition) is 2. The SMILES string of the molecule is C1=CC(c2ccccc2)(c2ccc(N3CCCCC3)cc2)Oc2c1c1c(c3ccccc23)-c2ccccc2C12CCCCCCC2. The first-order chi connectivity index (χ1) is 22.8. The summed E-state index contributed by atoms with van der Waals surface area (Å²) in [5.74, 6) is 1.04. The predicted molar refractivity (Wildman–Crippen MR) is 192 cm³/mol. The maximum atomic E-state index is 7.60. The van der Waals surface area contributed by atoms with Crippen LogP contribution in [-0.4, -0.2) is 13.1 Å². The molecule has 0 aromatic heterocycles. The standard InChI is InChI=1S/C44H43NO/c1-2-12-27-43(28-13-3-1)39-21-11-10-20-37(39)40-35-18-8-9-19-36(35)42-38(41(40)43)26-29-44(46-42,32-16-6-4-7-17-32)33-22-24-34(25-23-33)45-30-14-5-15-31-45/h4,6-11,16-26,29H,1-3,5,12-15,27-28,30-31H2. The molecule has 230 valence electrons. The molecular weight excluding hydrogens is 558 g/mol. The minimum absolute atomic E-state index is 0.0248. The Morgan fingerprint density at radius 3 is 1.98 bits per heavy atom. The van der Waals surface area contributed by atoms with E-state index < -0.39 is 5.60 Å². The first kappa shape index (κ1) is 28.0. The van der Waals surface area contributed by atoms with E-state index in [1.54, 1.807) is 0 Å². The fourth-order valence-electron chi connectivity index (χ4n) is 9.38. The van der Waals surface area contributed by atoms with Gasteiger partial charge in [0, 0.05) is 46.3 Å². The largest absolute Gasteiger partial charge is 0.472 e. The number of ether oxygens (including phenoxy) is 1. The molecule has 2 heterocycles. The molecular formula is C44H43NO. The Bertz CT molecular complexity index is 1920. The van der Waals surface area contributed by atoms with Crippen molar-refractivity contribution in [2.45, 2.75) is 75.2 Å². The molecule has 5 aromatic rings. The van der Waals surface area contributed by atoms with Gasteiger partial charge >= 0.3 is 0 Å². The van der Waals surface area contributed by atoms with E-state index in [1.165, 1.54) is 114 Å². The second-order valence-corrected chi connectivity index (χ2v) is 14.1. The average Bonchev–Trinajstić information content (AvgIpc) is 3.41. The maximum Gasteiger partial charge on any atom is 0.178 e. The molecule has 1 spiro atoms. The molecule has 1 saturated carbocycles. The van der Waals surface area contributed by atoms with Crippen LogP contribution in [0.5, 0.6) is 5.75 Å². The van der Waals surface area contributed by atoms with E-state index in [0.717, 1.165) is 24.4 Å². The zero-order valence-corrected chi connectivity index (χ0v) is 26.8. The third-order valence-electron chi connectivity index (χ3n) is 11.6. The van der Waals surface area contributed by atoms with E-state index in [9.17, 15) is 0 Å². The van der Waals surface area contributed by atoms with E-state index >= 15 is 0 Å². The summed E-state index contributed by atoms with van der Waals surface area (Å²) in [5.41, 5.74) is 10.2. The summed E-state index contributed by atoms with van der Waals surface area (Å²) >= 11 is 0. The van der Waals surface area contributed by atoms with E-state index in [4.69, 9.17) is 4.74 Å². The van der Waals surface area contributed by atoms with Crippen molar-refractivity contribution < 1.29 is 4.74 Å². The van der Waals surface area contributed by atoms with Crippen molar-refractivity contribution in [2.24, 2.45) is 0 Å². The van der Waals surface area contributed by atoms with Crippen LogP contribution in [0.4, 0.5) is 5.69 Å². The van der Waals surface area contributed by atoms with Crippen molar-refractivity contribution in [1.82, 2.24) is 0 Å². The Morgan fingerprint density at radius 1 is 0.565 bits per heavy atom. The summed E-state index contributed by atoms with van der Waals surface area (Å²) in [6.07, 6.45) is 17.7. The summed E-state index contributed by atoms with van der Waals surface area (Å²) < 4.78 is 7.60. The Morgan fingerprint density at radius 2 is 1.20 bits per heavy atom. The quantitative estimate of drug-likeness (QED) is 0.204. The number of anilines is 1. The van der Waals surface area contributed by atoms with E-state index in [1.807, 2.05) is 0 Å². The second-order valence-electron chi connectivity index (χ2n) is 14.1. The molecule has 2 heteroatoms. The van der Waals surface area contributed by atoms with Gasteiger partial charge in [0.1, 0.15) is 5.75 Å². The minimum Gasteiger partial charge on any atom is -0.472 e. The molecule has 4 aliphatic rings. The molecule has 2 fully saturated rings. The molecule has 5 aromatic carbocycles. The number of fused-ring (bicyclic) bond motifs is 10. The Kier molecular flexibility index (Phi) is 6.81. The average molecular weight is 602 g/mol. The Balaban J connectivity index is 1.27. The molecule has 0 radical (unpaired) electrons. The van der Waals surface area contributed by atoms with Crippen LogP contribution < -0.4 is 9.64 Å². The fraction of sp³-hybridized carbons (Fsp3) is 0.318. The highest BCUT2D eigenvalue weighted by Crippen LogP contribution is 2.61. The van der Waals surface area contributed by atoms with Crippen molar-refractivity contribution in [2.75, 3.05) is 18.0 Å². The number of rotatable bonds is 3. The van der Waals surface area contributed by atoms with Crippen LogP contribution in [0.1, 0.15) is 92.0 Å². The lowest BCUT2D eigenvalue weighted by molar-refractivity contribution is 0.163. The highest BCUT2D eigenvalue weighted by Gasteiger charge is 2.48. The number of benzene rings is 5. The van der Waals surface area contributed by atoms with Crippen LogP contribution in [0.15, 0.2) is 109 Å². The number of piperidine rings is 1. The van der Waals surface area contributed by atoms with Crippen LogP contribution in [0.25, 0.3) is 28.0 Å². The van der Waals surface area contributed by atoms with Gasteiger partial charge in [-0.15, -0.1) is 0 Å². The van der Waals surface area contributed by atoms with Crippen LogP contribution in [0.3, 0.4) is 0 Å². The molecule has 0 bridgehead atoms. The van der Waals surface area contributed by atoms with Crippen molar-refractivity contribution in [3.63, 3.8) is 0 Å². The van der Waals surface area contributed by atoms with Gasteiger partial charge in [-0.2, -0.15) is 0 Å². The van der Waals surface area contributed by atoms with Crippen molar-refractivity contribution in [3.05, 3.63) is 137 Å². The molecule has 1 atom stereocenters. The van der Waals surface area contributed by atoms with Crippen LogP contribution >= 0.6 is 0 Å². The lowest BCUT2D eigenvalue weighted by Gasteiger charge is -2.40. The first-order valence-corrected chi connectivity index (χ1v) is 17.8. The normalized spacial score (nSPS) is 21.6. The third-order valence-corrected chi connectivity index (χ3v) is 11.6. The number of hydrogen-bond donors (Lipinski definition) is 0. The van der Waals surface area contributed by atoms with E-state index in [2.05, 4.69) is 120 Å². The van der Waals surface area contributed by atoms with E-state index in [-0.39, 0.29) is 5.41 Å². The zero-order chi connectivity index (χ0) is 30.6. The van der Waals surface area contributed by atoms with Gasteiger partial charge in [0.15, 0.2) is 5.60 Å². The molecule has 0 amide bonds. The van der Waals surface area contributed by atoms with Gasteiger partial charge in [-0.3, -0.25) is 0 Å². The highest BCUT2D eigenvalue weighted by atomic mass is 16.5. The Labute approximate surface area is 273 Å². The molecule has 2 aliphatic carbocycles. The molecule has 0 N–H and O–H groups in total. The molecule has 46 heavy (non-hydrogen) atoms. The third kappa shape index (κ3) is 4.22. The summed E-state index contributed by atoms with van der Waals surface area (Å²) in [5, 5.41) is 2.53. The number of nitrogens with zero attached hydrogens (tertiary/aromatic N) is 1. The molecule has 9 rings (SSSR count). The van der Waals surface area contributed by atoms with Crippen LogP contribution in [0, 0.1) is 0 Å². The van der Waals surface area contributed by atoms with Crippen molar-refractivity contribution in [3.8, 4) is 16.9 Å². The smallest absolute Gasteiger partial charge is 0.178 e. The van der Waals surface area contributed by atoms with Gasteiger partial charge in [0.2, 0.25) is 0 Å². The monoisotopic (exact) mass is 601 g/mol. The van der Waals surface area contributed by atoms with Gasteiger partial charge in [0.25, 0.3) is 0 Å². The Hall–Kier alpha value is -4.30. The predicted octanol–water partition coefficient (Wildman–Crippen LogP) is 11.2. The van der Waals surface area contributed by atoms with Crippen molar-refractivity contribution in [1.29, 1.82) is 0 Å². The highest BCUT2D eigenvalue weighted by molar-refractivity contribution is 6.08.